The molecule has 1 rings (SSSR count). The molecule has 0 saturated heterocycles. The van der Waals surface area contributed by atoms with Gasteiger partial charge in [-0.2, -0.15) is 0 Å². The largest absolute Gasteiger partial charge is 0.692 e. The van der Waals surface area contributed by atoms with Crippen LogP contribution in [-0.4, -0.2) is 9.79 Å². The first-order chi connectivity index (χ1) is 3.23. The van der Waals surface area contributed by atoms with Crippen molar-refractivity contribution in [2.24, 2.45) is 0 Å². The Balaban J connectivity index is 0.000000105. The second-order valence-electron chi connectivity index (χ2n) is 1.31. The Labute approximate surface area is 42.9 Å². The third-order valence-electron chi connectivity index (χ3n) is 0.354. The topological polar surface area (TPSA) is 57.5 Å². The standard InChI is InChI=1S/C3H6.HO3P/c1-2-3-1;1-4(2)3/h1-3H2;(H-,1,2,3)/p+1. The van der Waals surface area contributed by atoms with Gasteiger partial charge in [-0.25, -0.2) is 0 Å². The second-order valence-corrected chi connectivity index (χ2v) is 1.82. The maximum absolute atomic E-state index is 8.70. The molecule has 1 saturated carbocycles. The van der Waals surface area contributed by atoms with Gasteiger partial charge in [0.25, 0.3) is 0 Å². The molecule has 1 aliphatic carbocycles. The van der Waals surface area contributed by atoms with E-state index < -0.39 is 8.25 Å². The molecule has 1 aliphatic rings. The van der Waals surface area contributed by atoms with Crippen molar-refractivity contribution < 1.29 is 14.4 Å². The summed E-state index contributed by atoms with van der Waals surface area (Å²) in [6.45, 7) is 0. The first-order valence-electron chi connectivity index (χ1n) is 2.08. The van der Waals surface area contributed by atoms with Crippen molar-refractivity contribution in [3.63, 3.8) is 0 Å². The molecule has 0 bridgehead atoms. The van der Waals surface area contributed by atoms with E-state index in [1.807, 2.05) is 0 Å². The van der Waals surface area contributed by atoms with Gasteiger partial charge in [-0.05, 0) is 0 Å². The molecular weight excluding hydrogens is 115 g/mol. The van der Waals surface area contributed by atoms with Crippen LogP contribution in [0.15, 0.2) is 0 Å². The van der Waals surface area contributed by atoms with Gasteiger partial charge in [-0.3, -0.25) is 0 Å². The first kappa shape index (κ1) is 7.02. The quantitative estimate of drug-likeness (QED) is 0.468. The molecular formula is C3H8O3P+. The van der Waals surface area contributed by atoms with Crippen molar-refractivity contribution in [3.8, 4) is 0 Å². The maximum Gasteiger partial charge on any atom is 0.692 e. The molecule has 0 atom stereocenters. The molecule has 0 heterocycles. The van der Waals surface area contributed by atoms with Gasteiger partial charge in [-0.15, -0.1) is 9.79 Å². The van der Waals surface area contributed by atoms with E-state index in [1.54, 1.807) is 0 Å². The number of rotatable bonds is 0. The van der Waals surface area contributed by atoms with E-state index in [9.17, 15) is 0 Å². The van der Waals surface area contributed by atoms with Crippen LogP contribution in [0.5, 0.6) is 0 Å². The summed E-state index contributed by atoms with van der Waals surface area (Å²) in [5, 5.41) is 0. The van der Waals surface area contributed by atoms with Crippen molar-refractivity contribution in [1.29, 1.82) is 0 Å². The molecule has 1 fully saturated rings. The van der Waals surface area contributed by atoms with E-state index in [4.69, 9.17) is 14.4 Å². The Kier molecular flexibility index (Phi) is 4.20. The summed E-state index contributed by atoms with van der Waals surface area (Å²) in [6.07, 6.45) is 4.50. The Hall–Kier alpha value is 0.0200. The normalized spacial score (nSPS) is 14.0. The third-order valence-corrected chi connectivity index (χ3v) is 0.354. The zero-order valence-corrected chi connectivity index (χ0v) is 4.77. The van der Waals surface area contributed by atoms with E-state index in [-0.39, 0.29) is 0 Å². The predicted molar refractivity (Wildman–Crippen MR) is 25.9 cm³/mol. The molecule has 0 amide bonds. The Morgan fingerprint density at radius 3 is 1.29 bits per heavy atom. The molecule has 2 N–H and O–H groups in total. The zero-order valence-electron chi connectivity index (χ0n) is 3.87. The van der Waals surface area contributed by atoms with Crippen molar-refractivity contribution in [3.05, 3.63) is 0 Å². The predicted octanol–water partition coefficient (Wildman–Crippen LogP) is 0.799. The lowest BCUT2D eigenvalue weighted by Crippen LogP contribution is -1.38. The van der Waals surface area contributed by atoms with Crippen molar-refractivity contribution in [2.45, 2.75) is 19.3 Å². The van der Waals surface area contributed by atoms with Crippen LogP contribution in [0.25, 0.3) is 0 Å². The van der Waals surface area contributed by atoms with Gasteiger partial charge in [0, 0.05) is 4.57 Å². The minimum Gasteiger partial charge on any atom is -0.134 e. The highest BCUT2D eigenvalue weighted by molar-refractivity contribution is 7.30. The van der Waals surface area contributed by atoms with Gasteiger partial charge in [0.15, 0.2) is 0 Å². The van der Waals surface area contributed by atoms with Crippen molar-refractivity contribution >= 4 is 8.25 Å². The number of hydrogen-bond acceptors (Lipinski definition) is 1. The first-order valence-corrected chi connectivity index (χ1v) is 3.25. The molecule has 4 heteroatoms. The molecule has 0 unspecified atom stereocenters. The number of hydrogen-bond donors (Lipinski definition) is 2. The van der Waals surface area contributed by atoms with E-state index >= 15 is 0 Å². The summed E-state index contributed by atoms with van der Waals surface area (Å²) in [7, 11) is -2.87. The van der Waals surface area contributed by atoms with Gasteiger partial charge in [-0.1, -0.05) is 19.3 Å². The SMILES string of the molecule is C1CC1.O=[P+](O)O. The van der Waals surface area contributed by atoms with Gasteiger partial charge in [0.05, 0.1) is 0 Å². The van der Waals surface area contributed by atoms with Crippen LogP contribution in [0, 0.1) is 0 Å². The minimum atomic E-state index is -2.87. The van der Waals surface area contributed by atoms with Crippen LogP contribution >= 0.6 is 8.25 Å². The molecule has 0 radical (unpaired) electrons. The van der Waals surface area contributed by atoms with Crippen LogP contribution < -0.4 is 0 Å². The fraction of sp³-hybridized carbons (Fsp3) is 1.00. The third kappa shape index (κ3) is 93.5. The van der Waals surface area contributed by atoms with Crippen molar-refractivity contribution in [1.82, 2.24) is 0 Å². The Bertz CT molecular complexity index is 54.4. The van der Waals surface area contributed by atoms with E-state index in [0.717, 1.165) is 0 Å². The van der Waals surface area contributed by atoms with Crippen molar-refractivity contribution in [2.75, 3.05) is 0 Å². The fourth-order valence-corrected chi connectivity index (χ4v) is 0. The van der Waals surface area contributed by atoms with Gasteiger partial charge < -0.3 is 0 Å². The van der Waals surface area contributed by atoms with E-state index in [1.165, 1.54) is 19.3 Å². The second kappa shape index (κ2) is 4.19. The molecule has 7 heavy (non-hydrogen) atoms. The lowest BCUT2D eigenvalue weighted by atomic mass is 11.0. The summed E-state index contributed by atoms with van der Waals surface area (Å²) >= 11 is 0. The molecule has 0 aromatic rings. The summed E-state index contributed by atoms with van der Waals surface area (Å²) in [5.74, 6) is 0. The summed E-state index contributed by atoms with van der Waals surface area (Å²) < 4.78 is 8.70. The molecule has 42 valence electrons. The van der Waals surface area contributed by atoms with E-state index in [0.29, 0.717) is 0 Å². The Morgan fingerprint density at radius 2 is 1.29 bits per heavy atom. The average Bonchev–Trinajstić information content (AvgIpc) is 2.02. The van der Waals surface area contributed by atoms with Crippen LogP contribution in [-0.2, 0) is 4.57 Å². The smallest absolute Gasteiger partial charge is 0.134 e. The highest BCUT2D eigenvalue weighted by Crippen LogP contribution is 2.14. The molecule has 0 aromatic heterocycles. The molecule has 0 aromatic carbocycles. The highest BCUT2D eigenvalue weighted by Gasteiger charge is 1.95. The van der Waals surface area contributed by atoms with Gasteiger partial charge in [0.2, 0.25) is 0 Å². The molecule has 3 nitrogen and oxygen atoms in total. The van der Waals surface area contributed by atoms with Crippen LogP contribution in [0.4, 0.5) is 0 Å². The summed E-state index contributed by atoms with van der Waals surface area (Å²) in [6, 6.07) is 0. The van der Waals surface area contributed by atoms with Gasteiger partial charge >= 0.3 is 8.25 Å². The highest BCUT2D eigenvalue weighted by atomic mass is 31.1. The van der Waals surface area contributed by atoms with Crippen LogP contribution in [0.3, 0.4) is 0 Å². The Morgan fingerprint density at radius 1 is 1.14 bits per heavy atom. The average molecular weight is 123 g/mol. The summed E-state index contributed by atoms with van der Waals surface area (Å²) in [4.78, 5) is 14.2. The minimum absolute atomic E-state index is 1.50. The zero-order chi connectivity index (χ0) is 5.70. The molecule has 0 spiro atoms. The fourth-order valence-electron chi connectivity index (χ4n) is 0. The van der Waals surface area contributed by atoms with Crippen LogP contribution in [0.2, 0.25) is 0 Å². The lowest BCUT2D eigenvalue weighted by Gasteiger charge is -1.34. The monoisotopic (exact) mass is 123 g/mol. The molecule has 0 aliphatic heterocycles. The van der Waals surface area contributed by atoms with E-state index in [2.05, 4.69) is 0 Å². The van der Waals surface area contributed by atoms with Crippen LogP contribution in [0.1, 0.15) is 19.3 Å². The maximum atomic E-state index is 8.70. The summed E-state index contributed by atoms with van der Waals surface area (Å²) in [5.41, 5.74) is 0. The lowest BCUT2D eigenvalue weighted by molar-refractivity contribution is 0.405. The van der Waals surface area contributed by atoms with Gasteiger partial charge in [0.1, 0.15) is 0 Å².